The van der Waals surface area contributed by atoms with E-state index in [0.29, 0.717) is 25.7 Å². The first-order valence-electron chi connectivity index (χ1n) is 9.61. The molecule has 0 bridgehead atoms. The van der Waals surface area contributed by atoms with Crippen molar-refractivity contribution in [2.24, 2.45) is 4.99 Å². The molecule has 27 heavy (non-hydrogen) atoms. The number of aryl methyl sites for hydroxylation is 1. The lowest BCUT2D eigenvalue weighted by Crippen LogP contribution is -2.42. The normalized spacial score (nSPS) is 12.6. The topological polar surface area (TPSA) is 65.9 Å². The molecule has 5 nitrogen and oxygen atoms in total. The average Bonchev–Trinajstić information content (AvgIpc) is 2.71. The fraction of sp³-hybridized carbons (Fsp3) is 0.409. The molecule has 0 aliphatic carbocycles. The summed E-state index contributed by atoms with van der Waals surface area (Å²) in [5, 5.41) is 16.5. The van der Waals surface area contributed by atoms with Crippen molar-refractivity contribution in [2.45, 2.75) is 39.5 Å². The number of hydrogen-bond acceptors (Lipinski definition) is 3. The van der Waals surface area contributed by atoms with Gasteiger partial charge in [-0.3, -0.25) is 0 Å². The summed E-state index contributed by atoms with van der Waals surface area (Å²) in [7, 11) is 0. The molecule has 0 saturated carbocycles. The maximum atomic E-state index is 10.1. The highest BCUT2D eigenvalue weighted by molar-refractivity contribution is 5.79. The average molecular weight is 370 g/mol. The second-order valence-electron chi connectivity index (χ2n) is 6.35. The Morgan fingerprint density at radius 2 is 1.70 bits per heavy atom. The standard InChI is InChI=1S/C22H31N3O2/c1-3-19-12-8-9-13-20(19)14-24-22(23-4-2)25-15-21(26)17-27-16-18-10-6-5-7-11-18/h5-13,21,26H,3-4,14-17H2,1-2H3,(H2,23,24,25). The van der Waals surface area contributed by atoms with Crippen LogP contribution in [0.2, 0.25) is 0 Å². The number of guanidine groups is 1. The third-order valence-electron chi connectivity index (χ3n) is 4.18. The molecule has 5 heteroatoms. The zero-order valence-electron chi connectivity index (χ0n) is 16.3. The number of benzene rings is 2. The number of ether oxygens (including phenoxy) is 1. The van der Waals surface area contributed by atoms with Gasteiger partial charge < -0.3 is 20.5 Å². The van der Waals surface area contributed by atoms with Crippen molar-refractivity contribution in [1.82, 2.24) is 10.6 Å². The van der Waals surface area contributed by atoms with Gasteiger partial charge in [0.2, 0.25) is 0 Å². The van der Waals surface area contributed by atoms with E-state index in [2.05, 4.69) is 40.7 Å². The molecule has 0 aliphatic rings. The Morgan fingerprint density at radius 1 is 1.00 bits per heavy atom. The van der Waals surface area contributed by atoms with Gasteiger partial charge in [-0.05, 0) is 30.0 Å². The van der Waals surface area contributed by atoms with Crippen molar-refractivity contribution in [3.8, 4) is 0 Å². The number of hydrogen-bond donors (Lipinski definition) is 3. The number of aliphatic imine (C=N–C) groups is 1. The first-order valence-corrected chi connectivity index (χ1v) is 9.61. The fourth-order valence-electron chi connectivity index (χ4n) is 2.72. The second kappa shape index (κ2) is 12.1. The van der Waals surface area contributed by atoms with E-state index in [1.165, 1.54) is 11.1 Å². The van der Waals surface area contributed by atoms with E-state index in [1.54, 1.807) is 0 Å². The van der Waals surface area contributed by atoms with Gasteiger partial charge in [0.25, 0.3) is 0 Å². The molecule has 0 saturated heterocycles. The van der Waals surface area contributed by atoms with Crippen LogP contribution in [0.4, 0.5) is 0 Å². The van der Waals surface area contributed by atoms with Crippen molar-refractivity contribution in [3.05, 3.63) is 71.3 Å². The minimum Gasteiger partial charge on any atom is -0.389 e. The number of nitrogens with zero attached hydrogens (tertiary/aromatic N) is 1. The van der Waals surface area contributed by atoms with Gasteiger partial charge in [-0.1, -0.05) is 61.5 Å². The van der Waals surface area contributed by atoms with Crippen LogP contribution < -0.4 is 10.6 Å². The van der Waals surface area contributed by atoms with Gasteiger partial charge in [0.05, 0.1) is 25.9 Å². The highest BCUT2D eigenvalue weighted by Gasteiger charge is 2.07. The molecule has 0 radical (unpaired) electrons. The molecule has 2 aromatic rings. The van der Waals surface area contributed by atoms with Crippen molar-refractivity contribution in [2.75, 3.05) is 19.7 Å². The Balaban J connectivity index is 1.78. The molecule has 0 aromatic heterocycles. The van der Waals surface area contributed by atoms with Crippen LogP contribution in [0.5, 0.6) is 0 Å². The van der Waals surface area contributed by atoms with Crippen molar-refractivity contribution in [1.29, 1.82) is 0 Å². The number of aliphatic hydroxyl groups excluding tert-OH is 1. The first-order chi connectivity index (χ1) is 13.2. The van der Waals surface area contributed by atoms with Gasteiger partial charge in [-0.2, -0.15) is 0 Å². The van der Waals surface area contributed by atoms with E-state index in [4.69, 9.17) is 4.74 Å². The fourth-order valence-corrected chi connectivity index (χ4v) is 2.72. The SMILES string of the molecule is CCNC(=NCc1ccccc1CC)NCC(O)COCc1ccccc1. The van der Waals surface area contributed by atoms with E-state index in [-0.39, 0.29) is 6.61 Å². The molecular formula is C22H31N3O2. The van der Waals surface area contributed by atoms with Crippen LogP contribution in [0.25, 0.3) is 0 Å². The van der Waals surface area contributed by atoms with E-state index >= 15 is 0 Å². The van der Waals surface area contributed by atoms with E-state index in [1.807, 2.05) is 43.3 Å². The minimum absolute atomic E-state index is 0.278. The van der Waals surface area contributed by atoms with E-state index in [0.717, 1.165) is 18.5 Å². The van der Waals surface area contributed by atoms with Crippen molar-refractivity contribution in [3.63, 3.8) is 0 Å². The quantitative estimate of drug-likeness (QED) is 0.445. The second-order valence-corrected chi connectivity index (χ2v) is 6.35. The Morgan fingerprint density at radius 3 is 2.41 bits per heavy atom. The van der Waals surface area contributed by atoms with Gasteiger partial charge in [0, 0.05) is 13.1 Å². The lowest BCUT2D eigenvalue weighted by atomic mass is 10.1. The predicted octanol–water partition coefficient (Wildman–Crippen LogP) is 2.88. The molecule has 2 aromatic carbocycles. The van der Waals surface area contributed by atoms with Crippen LogP contribution in [0.15, 0.2) is 59.6 Å². The Labute approximate surface area is 162 Å². The molecule has 1 atom stereocenters. The van der Waals surface area contributed by atoms with Crippen LogP contribution in [0.1, 0.15) is 30.5 Å². The number of nitrogens with one attached hydrogen (secondary N) is 2. The van der Waals surface area contributed by atoms with Crippen LogP contribution in [-0.2, 0) is 24.3 Å². The molecule has 0 amide bonds. The van der Waals surface area contributed by atoms with E-state index in [9.17, 15) is 5.11 Å². The summed E-state index contributed by atoms with van der Waals surface area (Å²) in [5.41, 5.74) is 3.64. The van der Waals surface area contributed by atoms with Crippen LogP contribution in [0.3, 0.4) is 0 Å². The molecule has 146 valence electrons. The summed E-state index contributed by atoms with van der Waals surface area (Å²) in [4.78, 5) is 4.63. The summed E-state index contributed by atoms with van der Waals surface area (Å²) in [5.74, 6) is 0.700. The van der Waals surface area contributed by atoms with Gasteiger partial charge in [0.1, 0.15) is 0 Å². The smallest absolute Gasteiger partial charge is 0.191 e. The minimum atomic E-state index is -0.597. The summed E-state index contributed by atoms with van der Waals surface area (Å²) in [6.07, 6.45) is 0.396. The lowest BCUT2D eigenvalue weighted by molar-refractivity contribution is 0.0308. The number of rotatable bonds is 10. The molecule has 0 spiro atoms. The predicted molar refractivity (Wildman–Crippen MR) is 111 cm³/mol. The van der Waals surface area contributed by atoms with Gasteiger partial charge >= 0.3 is 0 Å². The zero-order valence-corrected chi connectivity index (χ0v) is 16.3. The third-order valence-corrected chi connectivity index (χ3v) is 4.18. The Kier molecular flexibility index (Phi) is 9.38. The highest BCUT2D eigenvalue weighted by atomic mass is 16.5. The summed E-state index contributed by atoms with van der Waals surface area (Å²) >= 11 is 0. The molecular weight excluding hydrogens is 338 g/mol. The van der Waals surface area contributed by atoms with Gasteiger partial charge in [-0.25, -0.2) is 4.99 Å². The molecule has 1 unspecified atom stereocenters. The van der Waals surface area contributed by atoms with Crippen molar-refractivity contribution < 1.29 is 9.84 Å². The first kappa shape index (κ1) is 20.9. The van der Waals surface area contributed by atoms with Crippen LogP contribution in [-0.4, -0.2) is 36.9 Å². The summed E-state index contributed by atoms with van der Waals surface area (Å²) in [6.45, 7) is 6.71. The summed E-state index contributed by atoms with van der Waals surface area (Å²) in [6, 6.07) is 18.3. The lowest BCUT2D eigenvalue weighted by Gasteiger charge is -2.16. The Bertz CT molecular complexity index is 689. The zero-order chi connectivity index (χ0) is 19.3. The van der Waals surface area contributed by atoms with Gasteiger partial charge in [0.15, 0.2) is 5.96 Å². The summed E-state index contributed by atoms with van der Waals surface area (Å²) < 4.78 is 5.58. The number of aliphatic hydroxyl groups is 1. The molecule has 0 fully saturated rings. The van der Waals surface area contributed by atoms with Gasteiger partial charge in [-0.15, -0.1) is 0 Å². The van der Waals surface area contributed by atoms with Crippen LogP contribution >= 0.6 is 0 Å². The maximum absolute atomic E-state index is 10.1. The molecule has 3 N–H and O–H groups in total. The van der Waals surface area contributed by atoms with Crippen LogP contribution in [0, 0.1) is 0 Å². The third kappa shape index (κ3) is 7.81. The van der Waals surface area contributed by atoms with E-state index < -0.39 is 6.10 Å². The molecule has 2 rings (SSSR count). The van der Waals surface area contributed by atoms with Crippen molar-refractivity contribution >= 4 is 5.96 Å². The molecule has 0 heterocycles. The maximum Gasteiger partial charge on any atom is 0.191 e. The monoisotopic (exact) mass is 369 g/mol. The highest BCUT2D eigenvalue weighted by Crippen LogP contribution is 2.10. The Hall–Kier alpha value is -2.37. The molecule has 0 aliphatic heterocycles. The largest absolute Gasteiger partial charge is 0.389 e.